The average molecular weight is 356 g/mol. The summed E-state index contributed by atoms with van der Waals surface area (Å²) in [4.78, 5) is 13.0. The Morgan fingerprint density at radius 3 is 2.20 bits per heavy atom. The van der Waals surface area contributed by atoms with Crippen molar-refractivity contribution in [1.82, 2.24) is 0 Å². The minimum Gasteiger partial charge on any atom is -0.469 e. The Morgan fingerprint density at radius 2 is 1.60 bits per heavy atom. The third-order valence-electron chi connectivity index (χ3n) is 9.45. The summed E-state index contributed by atoms with van der Waals surface area (Å²) in [6.07, 6.45) is 2.23. The predicted molar refractivity (Wildman–Crippen MR) is 88.0 cm³/mol. The number of rotatable bonds is 3. The first kappa shape index (κ1) is 13.8. The van der Waals surface area contributed by atoms with Gasteiger partial charge in [-0.15, -0.1) is 0 Å². The smallest absolute Gasteiger partial charge is 0.310 e. The summed E-state index contributed by atoms with van der Waals surface area (Å²) >= 11 is 0. The van der Waals surface area contributed by atoms with Crippen LogP contribution in [0, 0.1) is 52.3 Å². The second kappa shape index (κ2) is 3.55. The number of benzene rings is 1. The van der Waals surface area contributed by atoms with Crippen LogP contribution < -0.4 is 0 Å². The molecule has 8 rings (SSSR count). The predicted octanol–water partition coefficient (Wildman–Crippen LogP) is 2.15. The second-order valence-corrected chi connectivity index (χ2v) is 11.3. The van der Waals surface area contributed by atoms with E-state index in [2.05, 4.69) is 0 Å². The zero-order valence-corrected chi connectivity index (χ0v) is 14.8. The Hall–Kier alpha value is -1.36. The molecule has 1 aromatic rings. The molecule has 0 N–H and O–H groups in total. The van der Waals surface area contributed by atoms with Crippen LogP contribution in [0.2, 0.25) is 0 Å². The summed E-state index contributed by atoms with van der Waals surface area (Å²) in [7, 11) is -2.12. The number of fused-ring (bicyclic) bond motifs is 2. The van der Waals surface area contributed by atoms with Gasteiger partial charge in [0, 0.05) is 0 Å². The molecule has 25 heavy (non-hydrogen) atoms. The van der Waals surface area contributed by atoms with Crippen molar-refractivity contribution < 1.29 is 17.9 Å². The third-order valence-corrected chi connectivity index (χ3v) is 11.7. The molecule has 5 heteroatoms. The maximum atomic E-state index is 13.5. The molecule has 7 aliphatic carbocycles. The van der Waals surface area contributed by atoms with Gasteiger partial charge in [-0.1, -0.05) is 18.2 Å². The van der Waals surface area contributed by atoms with Gasteiger partial charge < -0.3 is 4.74 Å². The number of hydrogen-bond acceptors (Lipinski definition) is 4. The molecule has 0 unspecified atom stereocenters. The highest BCUT2D eigenvalue weighted by Crippen LogP contribution is 3.12. The van der Waals surface area contributed by atoms with Gasteiger partial charge >= 0.3 is 5.97 Å². The molecular weight excluding hydrogens is 336 g/mol. The first-order chi connectivity index (χ1) is 12.0. The van der Waals surface area contributed by atoms with Crippen LogP contribution in [-0.4, -0.2) is 26.7 Å². The highest BCUT2D eigenvalue weighted by Gasteiger charge is 3.10. The molecule has 2 spiro atoms. The SMILES string of the molecule is COC(=O)[C@H]1[C@@H](S(=O)(=O)c2ccccc2)[C@@H]2C[C@H]1[C@@]13[C@H]4[C@@H]5[C@H](C[C@@H]41)[C@]523. The largest absolute Gasteiger partial charge is 0.469 e. The van der Waals surface area contributed by atoms with E-state index in [-0.39, 0.29) is 17.8 Å². The van der Waals surface area contributed by atoms with Crippen LogP contribution in [-0.2, 0) is 19.4 Å². The number of ether oxygens (including phenoxy) is 1. The van der Waals surface area contributed by atoms with Gasteiger partial charge in [0.05, 0.1) is 23.2 Å². The van der Waals surface area contributed by atoms with Gasteiger partial charge in [-0.25, -0.2) is 8.42 Å². The molecule has 4 bridgehead atoms. The molecule has 7 saturated carbocycles. The molecule has 10 atom stereocenters. The molecule has 0 radical (unpaired) electrons. The van der Waals surface area contributed by atoms with Gasteiger partial charge in [0.15, 0.2) is 9.84 Å². The Bertz CT molecular complexity index is 943. The fourth-order valence-corrected chi connectivity index (χ4v) is 11.8. The molecular formula is C20H20O4S. The molecule has 130 valence electrons. The normalized spacial score (nSPS) is 57.5. The van der Waals surface area contributed by atoms with Crippen molar-refractivity contribution in [1.29, 1.82) is 0 Å². The number of sulfone groups is 1. The minimum atomic E-state index is -3.52. The maximum Gasteiger partial charge on any atom is 0.310 e. The van der Waals surface area contributed by atoms with Gasteiger partial charge in [-0.3, -0.25) is 4.79 Å². The number of methoxy groups -OCH3 is 1. The van der Waals surface area contributed by atoms with Gasteiger partial charge in [0.2, 0.25) is 0 Å². The standard InChI is InChI=1S/C20H20O4S/c1-24-18(21)14-10-7-13(17(14)25(22,23)9-5-3-2-4-6-9)20-12-8-11-15(16(12)20)19(10,11)20/h2-6,10-17H,7-8H2,1H3/t10-,11+,12+,13+,14-,15-,16+,17+,19+,20-/m1/s1. The van der Waals surface area contributed by atoms with Crippen LogP contribution in [0.25, 0.3) is 0 Å². The van der Waals surface area contributed by atoms with Gasteiger partial charge in [-0.05, 0) is 71.3 Å². The molecule has 4 nitrogen and oxygen atoms in total. The van der Waals surface area contributed by atoms with E-state index in [9.17, 15) is 13.2 Å². The number of carbonyl (C=O) groups excluding carboxylic acids is 1. The van der Waals surface area contributed by atoms with E-state index in [4.69, 9.17) is 4.74 Å². The highest BCUT2D eigenvalue weighted by molar-refractivity contribution is 7.92. The topological polar surface area (TPSA) is 60.4 Å². The van der Waals surface area contributed by atoms with Crippen LogP contribution >= 0.6 is 0 Å². The Labute approximate surface area is 146 Å². The van der Waals surface area contributed by atoms with Crippen molar-refractivity contribution in [3.63, 3.8) is 0 Å². The summed E-state index contributed by atoms with van der Waals surface area (Å²) in [6.45, 7) is 0. The van der Waals surface area contributed by atoms with E-state index in [0.29, 0.717) is 15.7 Å². The molecule has 7 fully saturated rings. The van der Waals surface area contributed by atoms with E-state index >= 15 is 0 Å². The number of esters is 1. The summed E-state index contributed by atoms with van der Waals surface area (Å²) in [5, 5.41) is -0.578. The summed E-state index contributed by atoms with van der Waals surface area (Å²) < 4.78 is 32.2. The van der Waals surface area contributed by atoms with Crippen molar-refractivity contribution in [3.8, 4) is 0 Å². The monoisotopic (exact) mass is 356 g/mol. The average Bonchev–Trinajstić information content (AvgIpc) is 3.07. The van der Waals surface area contributed by atoms with Crippen LogP contribution in [0.3, 0.4) is 0 Å². The molecule has 1 aromatic carbocycles. The fourth-order valence-electron chi connectivity index (χ4n) is 9.49. The van der Waals surface area contributed by atoms with Crippen LogP contribution in [0.1, 0.15) is 12.8 Å². The fraction of sp³-hybridized carbons (Fsp3) is 0.650. The molecule has 0 aliphatic heterocycles. The van der Waals surface area contributed by atoms with Crippen molar-refractivity contribution in [2.24, 2.45) is 52.3 Å². The number of hydrogen-bond donors (Lipinski definition) is 0. The van der Waals surface area contributed by atoms with E-state index in [1.54, 1.807) is 24.3 Å². The van der Waals surface area contributed by atoms with Crippen molar-refractivity contribution >= 4 is 15.8 Å². The Morgan fingerprint density at radius 1 is 1.00 bits per heavy atom. The zero-order chi connectivity index (χ0) is 16.9. The van der Waals surface area contributed by atoms with Crippen LogP contribution in [0.5, 0.6) is 0 Å². The lowest BCUT2D eigenvalue weighted by Crippen LogP contribution is -2.52. The van der Waals surface area contributed by atoms with Crippen LogP contribution in [0.4, 0.5) is 0 Å². The van der Waals surface area contributed by atoms with Gasteiger partial charge in [0.25, 0.3) is 0 Å². The van der Waals surface area contributed by atoms with E-state index < -0.39 is 21.0 Å². The molecule has 7 aliphatic rings. The van der Waals surface area contributed by atoms with Crippen LogP contribution in [0.15, 0.2) is 35.2 Å². The van der Waals surface area contributed by atoms with Gasteiger partial charge in [0.1, 0.15) is 0 Å². The van der Waals surface area contributed by atoms with Gasteiger partial charge in [-0.2, -0.15) is 0 Å². The molecule has 0 heterocycles. The third kappa shape index (κ3) is 1.01. The molecule has 0 saturated heterocycles. The van der Waals surface area contributed by atoms with E-state index in [1.165, 1.54) is 13.5 Å². The lowest BCUT2D eigenvalue weighted by atomic mass is 9.60. The Kier molecular flexibility index (Phi) is 1.96. The second-order valence-electron chi connectivity index (χ2n) is 9.19. The summed E-state index contributed by atoms with van der Waals surface area (Å²) in [5.41, 5.74) is 0.638. The van der Waals surface area contributed by atoms with Crippen molar-refractivity contribution in [3.05, 3.63) is 30.3 Å². The van der Waals surface area contributed by atoms with Crippen molar-refractivity contribution in [2.75, 3.05) is 7.11 Å². The molecule has 0 amide bonds. The number of carbonyl (C=O) groups is 1. The van der Waals surface area contributed by atoms with E-state index in [0.717, 1.165) is 30.1 Å². The Balaban J connectivity index is 1.41. The maximum absolute atomic E-state index is 13.5. The lowest BCUT2D eigenvalue weighted by molar-refractivity contribution is -0.150. The lowest BCUT2D eigenvalue weighted by Gasteiger charge is -2.46. The van der Waals surface area contributed by atoms with Crippen molar-refractivity contribution in [2.45, 2.75) is 23.0 Å². The minimum absolute atomic E-state index is 0.172. The molecule has 0 aromatic heterocycles. The zero-order valence-electron chi connectivity index (χ0n) is 14.0. The quantitative estimate of drug-likeness (QED) is 0.779. The highest BCUT2D eigenvalue weighted by atomic mass is 32.2. The summed E-state index contributed by atoms with van der Waals surface area (Å²) in [6, 6.07) is 8.72. The first-order valence-corrected chi connectivity index (χ1v) is 11.0. The van der Waals surface area contributed by atoms with E-state index in [1.807, 2.05) is 6.07 Å². The summed E-state index contributed by atoms with van der Waals surface area (Å²) in [5.74, 6) is 2.83. The first-order valence-electron chi connectivity index (χ1n) is 9.40.